The predicted octanol–water partition coefficient (Wildman–Crippen LogP) is 2.98. The summed E-state index contributed by atoms with van der Waals surface area (Å²) in [4.78, 5) is 15.7. The molecule has 3 rings (SSSR count). The van der Waals surface area contributed by atoms with Gasteiger partial charge in [-0.05, 0) is 42.9 Å². The largest absolute Gasteiger partial charge is 0.336 e. The first-order valence-electron chi connectivity index (χ1n) is 7.91. The van der Waals surface area contributed by atoms with Crippen molar-refractivity contribution in [3.8, 4) is 0 Å². The maximum Gasteiger partial charge on any atom is 0.318 e. The van der Waals surface area contributed by atoms with Gasteiger partial charge in [-0.2, -0.15) is 5.10 Å². The molecule has 1 heterocycles. The van der Waals surface area contributed by atoms with E-state index in [-0.39, 0.29) is 6.03 Å². The van der Waals surface area contributed by atoms with E-state index in [1.807, 2.05) is 21.8 Å². The van der Waals surface area contributed by atoms with Gasteiger partial charge in [0.2, 0.25) is 0 Å². The lowest BCUT2D eigenvalue weighted by Crippen LogP contribution is -2.42. The van der Waals surface area contributed by atoms with Crippen molar-refractivity contribution in [3.05, 3.63) is 48.3 Å². The van der Waals surface area contributed by atoms with Gasteiger partial charge in [0.05, 0.1) is 6.54 Å². The lowest BCUT2D eigenvalue weighted by Gasteiger charge is -2.23. The number of carbonyl (C=O) groups is 1. The minimum atomic E-state index is 0.0219. The normalized spacial score (nSPS) is 13.8. The zero-order valence-corrected chi connectivity index (χ0v) is 14.1. The average Bonchev–Trinajstić information content (AvgIpc) is 3.29. The highest BCUT2D eigenvalue weighted by atomic mass is 32.2. The Hall–Kier alpha value is -1.95. The third kappa shape index (κ3) is 4.51. The van der Waals surface area contributed by atoms with Crippen LogP contribution in [0.25, 0.3) is 0 Å². The van der Waals surface area contributed by atoms with E-state index in [2.05, 4.69) is 40.9 Å². The molecule has 0 atom stereocenters. The van der Waals surface area contributed by atoms with Gasteiger partial charge < -0.3 is 10.2 Å². The Balaban J connectivity index is 1.53. The van der Waals surface area contributed by atoms with E-state index >= 15 is 0 Å². The quantitative estimate of drug-likeness (QED) is 0.794. The number of urea groups is 1. The molecule has 1 aliphatic rings. The number of benzene rings is 1. The number of rotatable bonds is 7. The number of hydrogen-bond donors (Lipinski definition) is 1. The van der Waals surface area contributed by atoms with E-state index < -0.39 is 0 Å². The van der Waals surface area contributed by atoms with Crippen LogP contribution in [0, 0.1) is 0 Å². The van der Waals surface area contributed by atoms with Crippen LogP contribution in [0.3, 0.4) is 0 Å². The summed E-state index contributed by atoms with van der Waals surface area (Å²) in [7, 11) is 0. The number of nitrogens with zero attached hydrogens (tertiary/aromatic N) is 3. The van der Waals surface area contributed by atoms with Crippen LogP contribution < -0.4 is 5.32 Å². The summed E-state index contributed by atoms with van der Waals surface area (Å²) < 4.78 is 1.82. The Kier molecular flexibility index (Phi) is 5.23. The Labute approximate surface area is 141 Å². The minimum Gasteiger partial charge on any atom is -0.336 e. The number of thioether (sulfide) groups is 1. The van der Waals surface area contributed by atoms with Crippen molar-refractivity contribution in [2.24, 2.45) is 0 Å². The highest BCUT2D eigenvalue weighted by molar-refractivity contribution is 7.98. The van der Waals surface area contributed by atoms with Crippen molar-refractivity contribution in [1.82, 2.24) is 20.0 Å². The Morgan fingerprint density at radius 3 is 2.78 bits per heavy atom. The monoisotopic (exact) mass is 330 g/mol. The number of aromatic nitrogens is 2. The van der Waals surface area contributed by atoms with Crippen LogP contribution in [-0.4, -0.2) is 39.6 Å². The van der Waals surface area contributed by atoms with Gasteiger partial charge in [0.15, 0.2) is 0 Å². The van der Waals surface area contributed by atoms with Crippen LogP contribution in [-0.2, 0) is 13.1 Å². The second-order valence-corrected chi connectivity index (χ2v) is 6.59. The second-order valence-electron chi connectivity index (χ2n) is 5.71. The van der Waals surface area contributed by atoms with E-state index in [9.17, 15) is 4.79 Å². The molecule has 0 aliphatic heterocycles. The molecule has 122 valence electrons. The first-order chi connectivity index (χ1) is 11.3. The second kappa shape index (κ2) is 7.55. The van der Waals surface area contributed by atoms with Crippen LogP contribution in [0.15, 0.2) is 47.6 Å². The van der Waals surface area contributed by atoms with Gasteiger partial charge in [-0.25, -0.2) is 4.79 Å². The summed E-state index contributed by atoms with van der Waals surface area (Å²) >= 11 is 1.73. The van der Waals surface area contributed by atoms with Gasteiger partial charge in [-0.3, -0.25) is 4.68 Å². The molecule has 0 spiro atoms. The summed E-state index contributed by atoms with van der Waals surface area (Å²) in [6, 6.07) is 10.7. The molecule has 0 radical (unpaired) electrons. The highest BCUT2D eigenvalue weighted by Crippen LogP contribution is 2.28. The van der Waals surface area contributed by atoms with Crippen LogP contribution in [0.5, 0.6) is 0 Å². The standard InChI is InChI=1S/C17H22N4OS/c1-23-16-7-3-14(4-8-16)13-21(15-5-6-15)17(22)18-10-12-20-11-2-9-19-20/h2-4,7-9,11,15H,5-6,10,12-13H2,1H3,(H,18,22). The van der Waals surface area contributed by atoms with E-state index in [4.69, 9.17) is 0 Å². The molecule has 1 saturated carbocycles. The van der Waals surface area contributed by atoms with Crippen molar-refractivity contribution in [2.75, 3.05) is 12.8 Å². The molecular weight excluding hydrogens is 308 g/mol. The van der Waals surface area contributed by atoms with Crippen molar-refractivity contribution in [3.63, 3.8) is 0 Å². The fourth-order valence-corrected chi connectivity index (χ4v) is 2.90. The van der Waals surface area contributed by atoms with Gasteiger partial charge in [-0.1, -0.05) is 12.1 Å². The molecule has 23 heavy (non-hydrogen) atoms. The van der Waals surface area contributed by atoms with E-state index in [0.29, 0.717) is 25.7 Å². The Bertz CT molecular complexity index is 623. The Morgan fingerprint density at radius 1 is 1.39 bits per heavy atom. The first kappa shape index (κ1) is 15.9. The maximum atomic E-state index is 12.5. The summed E-state index contributed by atoms with van der Waals surface area (Å²) in [5.74, 6) is 0. The van der Waals surface area contributed by atoms with Gasteiger partial charge >= 0.3 is 6.03 Å². The molecule has 0 bridgehead atoms. The fraction of sp³-hybridized carbons (Fsp3) is 0.412. The predicted molar refractivity (Wildman–Crippen MR) is 92.4 cm³/mol. The van der Waals surface area contributed by atoms with Gasteiger partial charge in [0.25, 0.3) is 0 Å². The molecule has 1 aromatic carbocycles. The molecule has 6 heteroatoms. The number of hydrogen-bond acceptors (Lipinski definition) is 3. The summed E-state index contributed by atoms with van der Waals surface area (Å²) in [6.07, 6.45) is 7.93. The zero-order chi connectivity index (χ0) is 16.1. The fourth-order valence-electron chi connectivity index (χ4n) is 2.49. The molecule has 0 saturated heterocycles. The molecule has 2 amide bonds. The Morgan fingerprint density at radius 2 is 2.17 bits per heavy atom. The molecule has 1 aliphatic carbocycles. The minimum absolute atomic E-state index is 0.0219. The first-order valence-corrected chi connectivity index (χ1v) is 9.13. The number of carbonyl (C=O) groups excluding carboxylic acids is 1. The van der Waals surface area contributed by atoms with Crippen molar-refractivity contribution in [1.29, 1.82) is 0 Å². The lowest BCUT2D eigenvalue weighted by atomic mass is 10.2. The summed E-state index contributed by atoms with van der Waals surface area (Å²) in [6.45, 7) is 1.96. The van der Waals surface area contributed by atoms with Gasteiger partial charge in [0, 0.05) is 36.4 Å². The van der Waals surface area contributed by atoms with Gasteiger partial charge in [0.1, 0.15) is 0 Å². The van der Waals surface area contributed by atoms with Crippen molar-refractivity contribution >= 4 is 17.8 Å². The van der Waals surface area contributed by atoms with Crippen LogP contribution in [0.4, 0.5) is 4.79 Å². The van der Waals surface area contributed by atoms with Crippen molar-refractivity contribution in [2.45, 2.75) is 36.9 Å². The SMILES string of the molecule is CSc1ccc(CN(C(=O)NCCn2cccn2)C2CC2)cc1. The maximum absolute atomic E-state index is 12.5. The highest BCUT2D eigenvalue weighted by Gasteiger charge is 2.32. The average molecular weight is 330 g/mol. The smallest absolute Gasteiger partial charge is 0.318 e. The molecule has 1 aromatic heterocycles. The third-order valence-corrected chi connectivity index (χ3v) is 4.68. The zero-order valence-electron chi connectivity index (χ0n) is 13.3. The van der Waals surface area contributed by atoms with E-state index in [1.165, 1.54) is 10.5 Å². The molecular formula is C17H22N4OS. The summed E-state index contributed by atoms with van der Waals surface area (Å²) in [5.41, 5.74) is 1.18. The van der Waals surface area contributed by atoms with Gasteiger partial charge in [-0.15, -0.1) is 11.8 Å². The molecule has 5 nitrogen and oxygen atoms in total. The number of nitrogens with one attached hydrogen (secondary N) is 1. The van der Waals surface area contributed by atoms with Crippen LogP contribution in [0.1, 0.15) is 18.4 Å². The van der Waals surface area contributed by atoms with E-state index in [1.54, 1.807) is 18.0 Å². The topological polar surface area (TPSA) is 50.2 Å². The van der Waals surface area contributed by atoms with Crippen LogP contribution in [0.2, 0.25) is 0 Å². The molecule has 0 unspecified atom stereocenters. The molecule has 1 N–H and O–H groups in total. The third-order valence-electron chi connectivity index (χ3n) is 3.94. The molecule has 1 fully saturated rings. The van der Waals surface area contributed by atoms with E-state index in [0.717, 1.165) is 12.8 Å². The summed E-state index contributed by atoms with van der Waals surface area (Å²) in [5, 5.41) is 7.15. The van der Waals surface area contributed by atoms with Crippen molar-refractivity contribution < 1.29 is 4.79 Å². The van der Waals surface area contributed by atoms with Crippen LogP contribution >= 0.6 is 11.8 Å². The molecule has 2 aromatic rings. The number of amides is 2. The lowest BCUT2D eigenvalue weighted by molar-refractivity contribution is 0.191.